The fourth-order valence-electron chi connectivity index (χ4n) is 3.20. The number of nitrogens with zero attached hydrogens (tertiary/aromatic N) is 5. The summed E-state index contributed by atoms with van der Waals surface area (Å²) in [5, 5.41) is 0. The number of hydrogen-bond acceptors (Lipinski definition) is 7. The summed E-state index contributed by atoms with van der Waals surface area (Å²) in [6, 6.07) is 10.1. The van der Waals surface area contributed by atoms with Gasteiger partial charge in [-0.3, -0.25) is 4.90 Å². The van der Waals surface area contributed by atoms with Gasteiger partial charge in [-0.2, -0.15) is 13.2 Å². The van der Waals surface area contributed by atoms with Crippen molar-refractivity contribution < 1.29 is 27.4 Å². The number of carbonyl (C=O) groups is 1. The van der Waals surface area contributed by atoms with Gasteiger partial charge in [-0.25, -0.2) is 19.7 Å². The Labute approximate surface area is 187 Å². The van der Waals surface area contributed by atoms with Gasteiger partial charge in [0.05, 0.1) is 11.3 Å². The Kier molecular flexibility index (Phi) is 6.68. The standard InChI is InChI=1S/C22H20F3N5O3/c23-22(24,25)16-1-6-20(27-13-16)32-18-2-4-19(5-3-18)33-21(31)30-11-9-29(10-12-30)14-17-7-8-26-15-28-17/h1-8,13,15H,9-12,14H2. The molecule has 3 heterocycles. The predicted octanol–water partition coefficient (Wildman–Crippen LogP) is 4.00. The lowest BCUT2D eigenvalue weighted by atomic mass is 10.3. The summed E-state index contributed by atoms with van der Waals surface area (Å²) in [6.45, 7) is 3.16. The number of ether oxygens (including phenoxy) is 2. The fraction of sp³-hybridized carbons (Fsp3) is 0.273. The van der Waals surface area contributed by atoms with E-state index in [0.717, 1.165) is 17.8 Å². The van der Waals surface area contributed by atoms with E-state index in [0.29, 0.717) is 50.4 Å². The maximum absolute atomic E-state index is 12.6. The van der Waals surface area contributed by atoms with Crippen molar-refractivity contribution in [3.05, 3.63) is 72.4 Å². The molecular formula is C22H20F3N5O3. The van der Waals surface area contributed by atoms with Crippen molar-refractivity contribution in [2.75, 3.05) is 26.2 Å². The summed E-state index contributed by atoms with van der Waals surface area (Å²) in [5.74, 6) is 0.698. The maximum atomic E-state index is 12.6. The van der Waals surface area contributed by atoms with Gasteiger partial charge in [-0.1, -0.05) is 0 Å². The first-order valence-corrected chi connectivity index (χ1v) is 10.1. The molecule has 1 fully saturated rings. The minimum absolute atomic E-state index is 0.0209. The molecule has 1 aliphatic rings. The fourth-order valence-corrected chi connectivity index (χ4v) is 3.20. The molecule has 172 valence electrons. The molecule has 0 aliphatic carbocycles. The van der Waals surface area contributed by atoms with Crippen molar-refractivity contribution in [2.45, 2.75) is 12.7 Å². The van der Waals surface area contributed by atoms with Gasteiger partial charge in [0, 0.05) is 51.2 Å². The van der Waals surface area contributed by atoms with E-state index in [1.165, 1.54) is 6.33 Å². The molecule has 0 radical (unpaired) electrons. The largest absolute Gasteiger partial charge is 0.439 e. The summed E-state index contributed by atoms with van der Waals surface area (Å²) in [5.41, 5.74) is 0.0711. The molecule has 0 spiro atoms. The van der Waals surface area contributed by atoms with Gasteiger partial charge in [0.25, 0.3) is 0 Å². The SMILES string of the molecule is O=C(Oc1ccc(Oc2ccc(C(F)(F)F)cn2)cc1)N1CCN(Cc2ccncn2)CC1. The predicted molar refractivity (Wildman–Crippen MR) is 111 cm³/mol. The molecule has 8 nitrogen and oxygen atoms in total. The molecule has 33 heavy (non-hydrogen) atoms. The van der Waals surface area contributed by atoms with Crippen molar-refractivity contribution >= 4 is 6.09 Å². The van der Waals surface area contributed by atoms with Crippen LogP contribution >= 0.6 is 0 Å². The Morgan fingerprint density at radius 1 is 0.939 bits per heavy atom. The van der Waals surface area contributed by atoms with E-state index in [2.05, 4.69) is 19.9 Å². The Morgan fingerprint density at radius 2 is 1.67 bits per heavy atom. The Bertz CT molecular complexity index is 1060. The third-order valence-electron chi connectivity index (χ3n) is 4.97. The molecule has 0 N–H and O–H groups in total. The second-order valence-electron chi connectivity index (χ2n) is 7.29. The van der Waals surface area contributed by atoms with Crippen LogP contribution in [0.4, 0.5) is 18.0 Å². The lowest BCUT2D eigenvalue weighted by Gasteiger charge is -2.33. The Hall–Kier alpha value is -3.73. The average Bonchev–Trinajstić information content (AvgIpc) is 2.81. The molecular weight excluding hydrogens is 439 g/mol. The molecule has 1 amide bonds. The molecule has 3 aromatic rings. The topological polar surface area (TPSA) is 80.7 Å². The van der Waals surface area contributed by atoms with Gasteiger partial charge in [0.15, 0.2) is 0 Å². The first-order chi connectivity index (χ1) is 15.9. The van der Waals surface area contributed by atoms with E-state index >= 15 is 0 Å². The van der Waals surface area contributed by atoms with Gasteiger partial charge in [0.2, 0.25) is 5.88 Å². The van der Waals surface area contributed by atoms with E-state index in [-0.39, 0.29) is 5.88 Å². The molecule has 0 unspecified atom stereocenters. The van der Waals surface area contributed by atoms with Crippen LogP contribution in [0.1, 0.15) is 11.3 Å². The van der Waals surface area contributed by atoms with Crippen LogP contribution in [0, 0.1) is 0 Å². The van der Waals surface area contributed by atoms with Crippen LogP contribution in [0.25, 0.3) is 0 Å². The van der Waals surface area contributed by atoms with Crippen LogP contribution in [0.15, 0.2) is 61.2 Å². The molecule has 11 heteroatoms. The van der Waals surface area contributed by atoms with Gasteiger partial charge >= 0.3 is 12.3 Å². The number of halogens is 3. The third-order valence-corrected chi connectivity index (χ3v) is 4.97. The third kappa shape index (κ3) is 6.16. The quantitative estimate of drug-likeness (QED) is 0.571. The molecule has 0 bridgehead atoms. The number of amides is 1. The van der Waals surface area contributed by atoms with E-state index in [1.807, 2.05) is 6.07 Å². The first kappa shape index (κ1) is 22.5. The van der Waals surface area contributed by atoms with Crippen molar-refractivity contribution in [1.82, 2.24) is 24.8 Å². The maximum Gasteiger partial charge on any atom is 0.417 e. The lowest BCUT2D eigenvalue weighted by Crippen LogP contribution is -2.49. The highest BCUT2D eigenvalue weighted by Crippen LogP contribution is 2.30. The van der Waals surface area contributed by atoms with Crippen molar-refractivity contribution in [3.63, 3.8) is 0 Å². The van der Waals surface area contributed by atoms with Crippen LogP contribution in [0.5, 0.6) is 17.4 Å². The highest BCUT2D eigenvalue weighted by molar-refractivity contribution is 5.70. The summed E-state index contributed by atoms with van der Waals surface area (Å²) in [7, 11) is 0. The van der Waals surface area contributed by atoms with Crippen molar-refractivity contribution in [3.8, 4) is 17.4 Å². The second-order valence-corrected chi connectivity index (χ2v) is 7.29. The summed E-state index contributed by atoms with van der Waals surface area (Å²) < 4.78 is 48.7. The van der Waals surface area contributed by atoms with Gasteiger partial charge in [-0.15, -0.1) is 0 Å². The van der Waals surface area contributed by atoms with Crippen LogP contribution in [0.3, 0.4) is 0 Å². The zero-order chi connectivity index (χ0) is 23.3. The van der Waals surface area contributed by atoms with Gasteiger partial charge in [0.1, 0.15) is 17.8 Å². The van der Waals surface area contributed by atoms with E-state index in [1.54, 1.807) is 35.4 Å². The molecule has 1 saturated heterocycles. The van der Waals surface area contributed by atoms with E-state index in [9.17, 15) is 18.0 Å². The number of pyridine rings is 1. The smallest absolute Gasteiger partial charge is 0.417 e. The molecule has 0 atom stereocenters. The molecule has 1 aromatic carbocycles. The number of hydrogen-bond donors (Lipinski definition) is 0. The van der Waals surface area contributed by atoms with E-state index < -0.39 is 17.8 Å². The van der Waals surface area contributed by atoms with Crippen LogP contribution in [-0.2, 0) is 12.7 Å². The number of carbonyl (C=O) groups excluding carboxylic acids is 1. The molecule has 2 aromatic heterocycles. The minimum atomic E-state index is -4.46. The van der Waals surface area contributed by atoms with Crippen LogP contribution < -0.4 is 9.47 Å². The van der Waals surface area contributed by atoms with Crippen LogP contribution in [-0.4, -0.2) is 57.0 Å². The zero-order valence-electron chi connectivity index (χ0n) is 17.4. The molecule has 1 aliphatic heterocycles. The normalized spacial score (nSPS) is 14.7. The number of benzene rings is 1. The number of alkyl halides is 3. The van der Waals surface area contributed by atoms with Crippen molar-refractivity contribution in [1.29, 1.82) is 0 Å². The zero-order valence-corrected chi connectivity index (χ0v) is 17.4. The highest BCUT2D eigenvalue weighted by atomic mass is 19.4. The minimum Gasteiger partial charge on any atom is -0.439 e. The number of piperazine rings is 1. The van der Waals surface area contributed by atoms with Gasteiger partial charge in [-0.05, 0) is 36.4 Å². The number of aromatic nitrogens is 3. The van der Waals surface area contributed by atoms with Gasteiger partial charge < -0.3 is 14.4 Å². The lowest BCUT2D eigenvalue weighted by molar-refractivity contribution is -0.137. The average molecular weight is 459 g/mol. The summed E-state index contributed by atoms with van der Waals surface area (Å²) >= 11 is 0. The van der Waals surface area contributed by atoms with Crippen LogP contribution in [0.2, 0.25) is 0 Å². The molecule has 4 rings (SSSR count). The summed E-state index contributed by atoms with van der Waals surface area (Å²) in [6.07, 6.45) is -0.986. The van der Waals surface area contributed by atoms with Crippen molar-refractivity contribution in [2.24, 2.45) is 0 Å². The van der Waals surface area contributed by atoms with E-state index in [4.69, 9.17) is 9.47 Å². The Balaban J connectivity index is 1.25. The molecule has 0 saturated carbocycles. The highest BCUT2D eigenvalue weighted by Gasteiger charge is 2.30. The summed E-state index contributed by atoms with van der Waals surface area (Å²) in [4.78, 5) is 28.1. The second kappa shape index (κ2) is 9.82. The number of rotatable bonds is 5. The first-order valence-electron chi connectivity index (χ1n) is 10.1. The Morgan fingerprint density at radius 3 is 2.27 bits per heavy atom. The monoisotopic (exact) mass is 459 g/mol.